The lowest BCUT2D eigenvalue weighted by atomic mass is 10.1. The summed E-state index contributed by atoms with van der Waals surface area (Å²) in [5.41, 5.74) is 2.37. The molecule has 2 amide bonds. The molecule has 3 heterocycles. The van der Waals surface area contributed by atoms with Crippen molar-refractivity contribution in [2.24, 2.45) is 0 Å². The first kappa shape index (κ1) is 17.8. The highest BCUT2D eigenvalue weighted by Gasteiger charge is 2.19. The fourth-order valence-corrected chi connectivity index (χ4v) is 3.86. The van der Waals surface area contributed by atoms with Crippen LogP contribution in [0.3, 0.4) is 0 Å². The molecule has 0 saturated heterocycles. The number of aromatic carboxylic acids is 1. The van der Waals surface area contributed by atoms with Crippen molar-refractivity contribution in [3.63, 3.8) is 0 Å². The molecule has 1 aromatic carbocycles. The number of aromatic amines is 1. The van der Waals surface area contributed by atoms with Gasteiger partial charge in [-0.15, -0.1) is 22.7 Å². The molecule has 4 aromatic rings. The maximum atomic E-state index is 12.7. The zero-order valence-corrected chi connectivity index (χ0v) is 15.6. The van der Waals surface area contributed by atoms with Gasteiger partial charge in [0, 0.05) is 5.38 Å². The first-order valence-corrected chi connectivity index (χ1v) is 9.60. The first-order chi connectivity index (χ1) is 13.5. The number of thiophene rings is 1. The Labute approximate surface area is 165 Å². The van der Waals surface area contributed by atoms with E-state index >= 15 is 0 Å². The molecule has 0 atom stereocenters. The number of aromatic nitrogens is 3. The number of carboxylic acids is 1. The van der Waals surface area contributed by atoms with E-state index in [2.05, 4.69) is 25.8 Å². The van der Waals surface area contributed by atoms with Crippen molar-refractivity contribution in [2.75, 3.05) is 10.6 Å². The van der Waals surface area contributed by atoms with E-state index in [9.17, 15) is 14.4 Å². The van der Waals surface area contributed by atoms with Crippen LogP contribution in [-0.4, -0.2) is 38.1 Å². The summed E-state index contributed by atoms with van der Waals surface area (Å²) < 4.78 is 0. The zero-order chi connectivity index (χ0) is 19.7. The van der Waals surface area contributed by atoms with E-state index in [1.54, 1.807) is 35.2 Å². The number of anilines is 2. The normalized spacial score (nSPS) is 10.7. The monoisotopic (exact) mass is 413 g/mol. The molecule has 4 rings (SSSR count). The molecule has 0 bridgehead atoms. The van der Waals surface area contributed by atoms with Gasteiger partial charge in [0.1, 0.15) is 21.2 Å². The molecule has 0 unspecified atom stereocenters. The molecule has 11 heteroatoms. The summed E-state index contributed by atoms with van der Waals surface area (Å²) in [6.07, 6.45) is 0. The average molecular weight is 413 g/mol. The van der Waals surface area contributed by atoms with Crippen LogP contribution in [0.2, 0.25) is 0 Å². The van der Waals surface area contributed by atoms with Gasteiger partial charge in [0.2, 0.25) is 0 Å². The lowest BCUT2D eigenvalue weighted by molar-refractivity contribution is 0.0701. The number of carboxylic acid groups (broad SMARTS) is 1. The van der Waals surface area contributed by atoms with Crippen molar-refractivity contribution in [3.05, 3.63) is 57.4 Å². The third kappa shape index (κ3) is 3.35. The number of fused-ring (bicyclic) bond motifs is 1. The number of nitrogens with one attached hydrogen (secondary N) is 3. The van der Waals surface area contributed by atoms with E-state index in [1.165, 1.54) is 17.4 Å². The lowest BCUT2D eigenvalue weighted by Crippen LogP contribution is -2.18. The van der Waals surface area contributed by atoms with E-state index in [-0.39, 0.29) is 22.0 Å². The fraction of sp³-hybridized carbons (Fsp3) is 0. The molecule has 0 saturated carbocycles. The number of rotatable bonds is 5. The van der Waals surface area contributed by atoms with E-state index in [1.807, 2.05) is 0 Å². The Morgan fingerprint density at radius 2 is 1.93 bits per heavy atom. The standard InChI is InChI=1S/C17H11N5O4S2/c23-14(20-13-9-5-12(17(25)26)28-16(9)22-21-13)8-3-1-2-4-10(8)19-15(24)11-6-27-7-18-11/h1-7H,(H,19,24)(H,25,26)(H2,20,21,22,23). The summed E-state index contributed by atoms with van der Waals surface area (Å²) in [6.45, 7) is 0. The molecule has 0 radical (unpaired) electrons. The van der Waals surface area contributed by atoms with Crippen molar-refractivity contribution in [2.45, 2.75) is 0 Å². The minimum absolute atomic E-state index is 0.123. The Kier molecular flexibility index (Phi) is 4.59. The highest BCUT2D eigenvalue weighted by molar-refractivity contribution is 7.20. The number of nitrogens with zero attached hydrogens (tertiary/aromatic N) is 2. The number of amides is 2. The van der Waals surface area contributed by atoms with Crippen LogP contribution in [0.4, 0.5) is 11.5 Å². The van der Waals surface area contributed by atoms with Crippen molar-refractivity contribution < 1.29 is 19.5 Å². The van der Waals surface area contributed by atoms with E-state index in [0.29, 0.717) is 15.9 Å². The third-order valence-electron chi connectivity index (χ3n) is 3.79. The summed E-state index contributed by atoms with van der Waals surface area (Å²) in [5, 5.41) is 23.2. The highest BCUT2D eigenvalue weighted by atomic mass is 32.1. The number of hydrogen-bond acceptors (Lipinski definition) is 7. The number of para-hydroxylation sites is 1. The van der Waals surface area contributed by atoms with Crippen molar-refractivity contribution in [1.29, 1.82) is 0 Å². The number of thiazole rings is 1. The zero-order valence-electron chi connectivity index (χ0n) is 13.9. The van der Waals surface area contributed by atoms with Gasteiger partial charge in [-0.25, -0.2) is 9.78 Å². The number of carbonyl (C=O) groups is 3. The molecule has 28 heavy (non-hydrogen) atoms. The first-order valence-electron chi connectivity index (χ1n) is 7.84. The molecule has 0 aliphatic rings. The van der Waals surface area contributed by atoms with Crippen LogP contribution in [0.25, 0.3) is 10.2 Å². The van der Waals surface area contributed by atoms with Crippen LogP contribution in [0.15, 0.2) is 41.2 Å². The minimum atomic E-state index is -1.06. The second kappa shape index (κ2) is 7.21. The Morgan fingerprint density at radius 1 is 1.11 bits per heavy atom. The predicted octanol–water partition coefficient (Wildman–Crippen LogP) is 3.28. The van der Waals surface area contributed by atoms with Gasteiger partial charge in [0.05, 0.1) is 22.1 Å². The molecular formula is C17H11N5O4S2. The van der Waals surface area contributed by atoms with Gasteiger partial charge in [-0.2, -0.15) is 5.10 Å². The van der Waals surface area contributed by atoms with Crippen molar-refractivity contribution in [1.82, 2.24) is 15.2 Å². The maximum Gasteiger partial charge on any atom is 0.345 e. The largest absolute Gasteiger partial charge is 0.477 e. The smallest absolute Gasteiger partial charge is 0.345 e. The Hall–Kier alpha value is -3.57. The van der Waals surface area contributed by atoms with E-state index < -0.39 is 17.8 Å². The summed E-state index contributed by atoms with van der Waals surface area (Å²) in [6, 6.07) is 7.98. The molecule has 0 fully saturated rings. The highest BCUT2D eigenvalue weighted by Crippen LogP contribution is 2.29. The minimum Gasteiger partial charge on any atom is -0.477 e. The second-order valence-electron chi connectivity index (χ2n) is 5.56. The molecule has 0 aliphatic carbocycles. The number of hydrogen-bond donors (Lipinski definition) is 4. The lowest BCUT2D eigenvalue weighted by Gasteiger charge is -2.10. The molecule has 3 aromatic heterocycles. The molecule has 0 spiro atoms. The van der Waals surface area contributed by atoms with Crippen LogP contribution in [-0.2, 0) is 0 Å². The van der Waals surface area contributed by atoms with Crippen LogP contribution >= 0.6 is 22.7 Å². The number of carbonyl (C=O) groups excluding carboxylic acids is 2. The second-order valence-corrected chi connectivity index (χ2v) is 7.31. The van der Waals surface area contributed by atoms with Crippen LogP contribution in [0.5, 0.6) is 0 Å². The van der Waals surface area contributed by atoms with Gasteiger partial charge < -0.3 is 15.7 Å². The predicted molar refractivity (Wildman–Crippen MR) is 105 cm³/mol. The molecule has 9 nitrogen and oxygen atoms in total. The Balaban J connectivity index is 1.59. The van der Waals surface area contributed by atoms with Crippen molar-refractivity contribution in [3.8, 4) is 0 Å². The molecule has 140 valence electrons. The average Bonchev–Trinajstić information content (AvgIpc) is 3.40. The topological polar surface area (TPSA) is 137 Å². The van der Waals surface area contributed by atoms with E-state index in [0.717, 1.165) is 11.3 Å². The van der Waals surface area contributed by atoms with Gasteiger partial charge in [0.25, 0.3) is 11.8 Å². The fourth-order valence-electron chi connectivity index (χ4n) is 2.49. The van der Waals surface area contributed by atoms with Gasteiger partial charge in [0.15, 0.2) is 0 Å². The summed E-state index contributed by atoms with van der Waals surface area (Å²) in [7, 11) is 0. The SMILES string of the molecule is O=C(Nc1ccccc1C(=O)Nc1[nH]nc2sc(C(=O)O)cc12)c1cscn1. The quantitative estimate of drug-likeness (QED) is 0.396. The van der Waals surface area contributed by atoms with Gasteiger partial charge in [-0.3, -0.25) is 14.7 Å². The Bertz CT molecular complexity index is 1200. The molecule has 4 N–H and O–H groups in total. The van der Waals surface area contributed by atoms with E-state index in [4.69, 9.17) is 5.11 Å². The molecule has 0 aliphatic heterocycles. The number of H-pyrrole nitrogens is 1. The molecular weight excluding hydrogens is 402 g/mol. The maximum absolute atomic E-state index is 12.7. The van der Waals surface area contributed by atoms with Crippen molar-refractivity contribution >= 4 is 62.2 Å². The van der Waals surface area contributed by atoms with Gasteiger partial charge in [-0.1, -0.05) is 12.1 Å². The number of benzene rings is 1. The summed E-state index contributed by atoms with van der Waals surface area (Å²) in [4.78, 5) is 40.6. The van der Waals surface area contributed by atoms with Gasteiger partial charge >= 0.3 is 5.97 Å². The van der Waals surface area contributed by atoms with Crippen LogP contribution in [0, 0.1) is 0 Å². The van der Waals surface area contributed by atoms with Crippen LogP contribution in [0.1, 0.15) is 30.5 Å². The Morgan fingerprint density at radius 3 is 2.68 bits per heavy atom. The summed E-state index contributed by atoms with van der Waals surface area (Å²) in [5.74, 6) is -1.68. The third-order valence-corrected chi connectivity index (χ3v) is 5.39. The van der Waals surface area contributed by atoms with Crippen LogP contribution < -0.4 is 10.6 Å². The van der Waals surface area contributed by atoms with Gasteiger partial charge in [-0.05, 0) is 18.2 Å². The summed E-state index contributed by atoms with van der Waals surface area (Å²) >= 11 is 2.30.